The summed E-state index contributed by atoms with van der Waals surface area (Å²) in [7, 11) is 3.80. The van der Waals surface area contributed by atoms with E-state index in [9.17, 15) is 0 Å². The highest BCUT2D eigenvalue weighted by molar-refractivity contribution is 14.0. The normalized spacial score (nSPS) is 11.3. The molecule has 0 unspecified atom stereocenters. The Labute approximate surface area is 160 Å². The minimum Gasteiger partial charge on any atom is -0.356 e. The molecule has 2 rings (SSSR count). The average molecular weight is 443 g/mol. The van der Waals surface area contributed by atoms with Gasteiger partial charge in [0.05, 0.1) is 0 Å². The van der Waals surface area contributed by atoms with Crippen molar-refractivity contribution < 1.29 is 4.52 Å². The Kier molecular flexibility index (Phi) is 8.73. The first-order valence-corrected chi connectivity index (χ1v) is 7.88. The second-order valence-electron chi connectivity index (χ2n) is 5.77. The Morgan fingerprint density at radius 2 is 2.00 bits per heavy atom. The lowest BCUT2D eigenvalue weighted by Crippen LogP contribution is -2.39. The summed E-state index contributed by atoms with van der Waals surface area (Å²) in [5.74, 6) is 2.54. The average Bonchev–Trinajstić information content (AvgIpc) is 3.01. The van der Waals surface area contributed by atoms with Crippen molar-refractivity contribution in [3.05, 3.63) is 47.6 Å². The van der Waals surface area contributed by atoms with E-state index in [1.807, 2.05) is 39.1 Å². The Bertz CT molecular complexity index is 627. The molecule has 0 radical (unpaired) electrons. The third-order valence-corrected chi connectivity index (χ3v) is 3.46. The van der Waals surface area contributed by atoms with Crippen LogP contribution >= 0.6 is 24.0 Å². The summed E-state index contributed by atoms with van der Waals surface area (Å²) in [5, 5.41) is 7.29. The quantitative estimate of drug-likeness (QED) is 0.423. The molecule has 1 aromatic heterocycles. The van der Waals surface area contributed by atoms with Crippen LogP contribution in [0.3, 0.4) is 0 Å². The number of nitrogens with one attached hydrogen (secondary N) is 1. The molecule has 1 aromatic carbocycles. The number of aromatic nitrogens is 2. The summed E-state index contributed by atoms with van der Waals surface area (Å²) >= 11 is 0. The lowest BCUT2D eigenvalue weighted by atomic mass is 10.2. The molecule has 0 spiro atoms. The Hall–Kier alpha value is -1.64. The van der Waals surface area contributed by atoms with Gasteiger partial charge in [0.1, 0.15) is 0 Å². The van der Waals surface area contributed by atoms with Crippen molar-refractivity contribution in [2.24, 2.45) is 4.99 Å². The Balaban J connectivity index is 0.00000288. The van der Waals surface area contributed by atoms with Gasteiger partial charge in [0.25, 0.3) is 0 Å². The van der Waals surface area contributed by atoms with E-state index >= 15 is 0 Å². The van der Waals surface area contributed by atoms with Crippen molar-refractivity contribution in [2.75, 3.05) is 20.6 Å². The van der Waals surface area contributed by atoms with Crippen molar-refractivity contribution in [2.45, 2.75) is 32.7 Å². The zero-order valence-corrected chi connectivity index (χ0v) is 17.0. The van der Waals surface area contributed by atoms with Crippen LogP contribution in [-0.4, -0.2) is 41.6 Å². The zero-order chi connectivity index (χ0) is 16.7. The molecule has 1 heterocycles. The summed E-state index contributed by atoms with van der Waals surface area (Å²) in [5.41, 5.74) is 1.25. The Morgan fingerprint density at radius 3 is 2.58 bits per heavy atom. The van der Waals surface area contributed by atoms with E-state index < -0.39 is 0 Å². The third-order valence-electron chi connectivity index (χ3n) is 3.46. The van der Waals surface area contributed by atoms with E-state index in [2.05, 4.69) is 37.5 Å². The van der Waals surface area contributed by atoms with Crippen molar-refractivity contribution >= 4 is 29.9 Å². The SMILES string of the molecule is CN=C(NCCc1nc(C(C)C)no1)N(C)Cc1ccccc1.I. The molecule has 0 amide bonds. The van der Waals surface area contributed by atoms with Crippen LogP contribution < -0.4 is 5.32 Å². The van der Waals surface area contributed by atoms with Gasteiger partial charge in [-0.2, -0.15) is 4.98 Å². The zero-order valence-electron chi connectivity index (χ0n) is 14.7. The van der Waals surface area contributed by atoms with Crippen molar-refractivity contribution in [3.8, 4) is 0 Å². The van der Waals surface area contributed by atoms with E-state index in [1.54, 1.807) is 7.05 Å². The molecule has 0 aliphatic heterocycles. The van der Waals surface area contributed by atoms with Gasteiger partial charge in [-0.25, -0.2) is 0 Å². The second kappa shape index (κ2) is 10.3. The molecule has 0 aliphatic carbocycles. The summed E-state index contributed by atoms with van der Waals surface area (Å²) in [6, 6.07) is 10.3. The molecule has 0 atom stereocenters. The highest BCUT2D eigenvalue weighted by Gasteiger charge is 2.10. The van der Waals surface area contributed by atoms with Crippen LogP contribution in [0.1, 0.15) is 37.0 Å². The standard InChI is InChI=1S/C17H25N5O.HI/c1-13(2)16-20-15(23-21-16)10-11-19-17(18-3)22(4)12-14-8-6-5-7-9-14;/h5-9,13H,10-12H2,1-4H3,(H,18,19);1H. The van der Waals surface area contributed by atoms with Crippen LogP contribution in [0.25, 0.3) is 0 Å². The van der Waals surface area contributed by atoms with Crippen LogP contribution in [0.2, 0.25) is 0 Å². The molecule has 132 valence electrons. The maximum atomic E-state index is 5.24. The number of aliphatic imine (C=N–C) groups is 1. The summed E-state index contributed by atoms with van der Waals surface area (Å²) in [4.78, 5) is 10.8. The minimum absolute atomic E-state index is 0. The molecule has 7 heteroatoms. The van der Waals surface area contributed by atoms with Gasteiger partial charge in [-0.05, 0) is 5.56 Å². The first-order chi connectivity index (χ1) is 11.1. The molecule has 24 heavy (non-hydrogen) atoms. The van der Waals surface area contributed by atoms with Gasteiger partial charge in [-0.15, -0.1) is 24.0 Å². The monoisotopic (exact) mass is 443 g/mol. The predicted octanol–water partition coefficient (Wildman–Crippen LogP) is 3.06. The van der Waals surface area contributed by atoms with Gasteiger partial charge >= 0.3 is 0 Å². The molecule has 0 saturated heterocycles. The molecule has 0 bridgehead atoms. The highest BCUT2D eigenvalue weighted by atomic mass is 127. The van der Waals surface area contributed by atoms with Crippen LogP contribution in [0.4, 0.5) is 0 Å². The van der Waals surface area contributed by atoms with Gasteiger partial charge in [0, 0.05) is 39.5 Å². The molecule has 6 nitrogen and oxygen atoms in total. The fourth-order valence-electron chi connectivity index (χ4n) is 2.20. The van der Waals surface area contributed by atoms with Crippen LogP contribution in [0, 0.1) is 0 Å². The molecule has 0 saturated carbocycles. The lowest BCUT2D eigenvalue weighted by molar-refractivity contribution is 0.370. The summed E-state index contributed by atoms with van der Waals surface area (Å²) in [6.45, 7) is 5.60. The number of halogens is 1. The van der Waals surface area contributed by atoms with Crippen molar-refractivity contribution in [3.63, 3.8) is 0 Å². The van der Waals surface area contributed by atoms with E-state index in [4.69, 9.17) is 4.52 Å². The maximum Gasteiger partial charge on any atom is 0.228 e. The van der Waals surface area contributed by atoms with Crippen LogP contribution in [-0.2, 0) is 13.0 Å². The minimum atomic E-state index is 0. The van der Waals surface area contributed by atoms with Gasteiger partial charge in [0.15, 0.2) is 11.8 Å². The summed E-state index contributed by atoms with van der Waals surface area (Å²) in [6.07, 6.45) is 0.678. The molecule has 2 aromatic rings. The van der Waals surface area contributed by atoms with E-state index in [0.717, 1.165) is 18.3 Å². The fraction of sp³-hybridized carbons (Fsp3) is 0.471. The first-order valence-electron chi connectivity index (χ1n) is 7.88. The van der Waals surface area contributed by atoms with Gasteiger partial charge < -0.3 is 14.7 Å². The number of hydrogen-bond acceptors (Lipinski definition) is 4. The van der Waals surface area contributed by atoms with E-state index in [0.29, 0.717) is 18.9 Å². The third kappa shape index (κ3) is 6.10. The Morgan fingerprint density at radius 1 is 1.29 bits per heavy atom. The highest BCUT2D eigenvalue weighted by Crippen LogP contribution is 2.09. The molecular weight excluding hydrogens is 417 g/mol. The molecule has 0 aliphatic rings. The van der Waals surface area contributed by atoms with E-state index in [-0.39, 0.29) is 29.9 Å². The van der Waals surface area contributed by atoms with Gasteiger partial charge in [-0.1, -0.05) is 49.3 Å². The number of guanidine groups is 1. The number of benzene rings is 1. The van der Waals surface area contributed by atoms with Crippen molar-refractivity contribution in [1.82, 2.24) is 20.4 Å². The molecular formula is C17H26IN5O. The fourth-order valence-corrected chi connectivity index (χ4v) is 2.20. The maximum absolute atomic E-state index is 5.24. The predicted molar refractivity (Wildman–Crippen MR) is 107 cm³/mol. The topological polar surface area (TPSA) is 66.5 Å². The smallest absolute Gasteiger partial charge is 0.228 e. The van der Waals surface area contributed by atoms with Gasteiger partial charge in [0.2, 0.25) is 5.89 Å². The number of hydrogen-bond donors (Lipinski definition) is 1. The number of nitrogens with zero attached hydrogens (tertiary/aromatic N) is 4. The second-order valence-corrected chi connectivity index (χ2v) is 5.77. The lowest BCUT2D eigenvalue weighted by Gasteiger charge is -2.21. The number of rotatable bonds is 6. The van der Waals surface area contributed by atoms with Crippen LogP contribution in [0.15, 0.2) is 39.8 Å². The molecule has 1 N–H and O–H groups in total. The van der Waals surface area contributed by atoms with E-state index in [1.165, 1.54) is 5.56 Å². The first kappa shape index (κ1) is 20.4. The molecule has 0 fully saturated rings. The van der Waals surface area contributed by atoms with Gasteiger partial charge in [-0.3, -0.25) is 4.99 Å². The largest absolute Gasteiger partial charge is 0.356 e. The summed E-state index contributed by atoms with van der Waals surface area (Å²) < 4.78 is 5.24. The van der Waals surface area contributed by atoms with Crippen LogP contribution in [0.5, 0.6) is 0 Å². The van der Waals surface area contributed by atoms with Crippen molar-refractivity contribution in [1.29, 1.82) is 0 Å².